The molecule has 0 spiro atoms. The molecule has 1 aliphatic carbocycles. The van der Waals surface area contributed by atoms with Gasteiger partial charge in [-0.3, -0.25) is 14.4 Å². The highest BCUT2D eigenvalue weighted by atomic mass is 16.1. The average Bonchev–Trinajstić information content (AvgIpc) is 2.72. The van der Waals surface area contributed by atoms with Crippen molar-refractivity contribution in [3.8, 4) is 0 Å². The standard InChI is InChI=1S/C32H54O3/c1-9-14-27(29(10-2)31(35)20-25(6)33)21-26-16-11-12-17-30(24(5)19-28(34)22-26)32(7,8)18-13-15-23(3)4/h12,17,19,23,26-27,29-30H,9-11,13-16,18,20-22H2,1-8H3/b17-12?,24-19+. The highest BCUT2D eigenvalue weighted by molar-refractivity contribution is 5.99. The van der Waals surface area contributed by atoms with Gasteiger partial charge in [0.25, 0.3) is 0 Å². The molecular formula is C32H54O3. The fourth-order valence-corrected chi connectivity index (χ4v) is 6.19. The molecule has 0 fully saturated rings. The first-order valence-electron chi connectivity index (χ1n) is 14.3. The van der Waals surface area contributed by atoms with Crippen molar-refractivity contribution in [1.29, 1.82) is 0 Å². The normalized spacial score (nSPS) is 23.0. The summed E-state index contributed by atoms with van der Waals surface area (Å²) in [4.78, 5) is 37.5. The zero-order valence-corrected chi connectivity index (χ0v) is 24.1. The highest BCUT2D eigenvalue weighted by Gasteiger charge is 2.31. The van der Waals surface area contributed by atoms with Gasteiger partial charge < -0.3 is 0 Å². The van der Waals surface area contributed by atoms with Crippen molar-refractivity contribution < 1.29 is 14.4 Å². The summed E-state index contributed by atoms with van der Waals surface area (Å²) >= 11 is 0. The Labute approximate surface area is 216 Å². The maximum absolute atomic E-state index is 13.1. The summed E-state index contributed by atoms with van der Waals surface area (Å²) in [7, 11) is 0. The fourth-order valence-electron chi connectivity index (χ4n) is 6.19. The summed E-state index contributed by atoms with van der Waals surface area (Å²) in [5.74, 6) is 1.73. The first-order chi connectivity index (χ1) is 16.4. The Morgan fingerprint density at radius 2 is 1.83 bits per heavy atom. The lowest BCUT2D eigenvalue weighted by molar-refractivity contribution is -0.129. The smallest absolute Gasteiger partial charge is 0.155 e. The summed E-state index contributed by atoms with van der Waals surface area (Å²) in [6.07, 6.45) is 16.4. The predicted molar refractivity (Wildman–Crippen MR) is 148 cm³/mol. The molecule has 4 unspecified atom stereocenters. The van der Waals surface area contributed by atoms with Gasteiger partial charge in [-0.15, -0.1) is 0 Å². The van der Waals surface area contributed by atoms with E-state index in [2.05, 4.69) is 60.6 Å². The van der Waals surface area contributed by atoms with Crippen LogP contribution in [0.1, 0.15) is 126 Å². The predicted octanol–water partition coefficient (Wildman–Crippen LogP) is 8.71. The number of rotatable bonds is 14. The molecule has 3 nitrogen and oxygen atoms in total. The van der Waals surface area contributed by atoms with E-state index in [1.54, 1.807) is 0 Å². The van der Waals surface area contributed by atoms with Gasteiger partial charge in [-0.25, -0.2) is 0 Å². The van der Waals surface area contributed by atoms with E-state index in [1.807, 2.05) is 6.08 Å². The molecule has 1 aliphatic rings. The van der Waals surface area contributed by atoms with E-state index < -0.39 is 0 Å². The molecule has 0 saturated carbocycles. The Morgan fingerprint density at radius 3 is 2.40 bits per heavy atom. The Morgan fingerprint density at radius 1 is 1.14 bits per heavy atom. The van der Waals surface area contributed by atoms with Crippen LogP contribution >= 0.6 is 0 Å². The minimum absolute atomic E-state index is 0.0430. The minimum Gasteiger partial charge on any atom is -0.300 e. The van der Waals surface area contributed by atoms with E-state index in [9.17, 15) is 14.4 Å². The number of carbonyl (C=O) groups excluding carboxylic acids is 3. The second-order valence-corrected chi connectivity index (χ2v) is 12.3. The third kappa shape index (κ3) is 11.4. The summed E-state index contributed by atoms with van der Waals surface area (Å²) in [5.41, 5.74) is 1.30. The molecule has 0 bridgehead atoms. The van der Waals surface area contributed by atoms with Crippen LogP contribution in [-0.2, 0) is 14.4 Å². The summed E-state index contributed by atoms with van der Waals surface area (Å²) < 4.78 is 0. The number of hydrogen-bond donors (Lipinski definition) is 0. The van der Waals surface area contributed by atoms with Gasteiger partial charge in [0.05, 0.1) is 6.42 Å². The van der Waals surface area contributed by atoms with Crippen molar-refractivity contribution in [1.82, 2.24) is 0 Å². The van der Waals surface area contributed by atoms with Crippen LogP contribution in [0.2, 0.25) is 0 Å². The molecule has 0 saturated heterocycles. The molecule has 0 heterocycles. The van der Waals surface area contributed by atoms with Crippen molar-refractivity contribution in [3.05, 3.63) is 23.8 Å². The maximum Gasteiger partial charge on any atom is 0.155 e. The van der Waals surface area contributed by atoms with E-state index in [1.165, 1.54) is 25.3 Å². The number of Topliss-reactive ketones (excluding diaryl/α,β-unsaturated/α-hetero) is 2. The number of carbonyl (C=O) groups is 3. The maximum atomic E-state index is 13.1. The lowest BCUT2D eigenvalue weighted by Crippen LogP contribution is -2.28. The number of hydrogen-bond acceptors (Lipinski definition) is 3. The molecule has 200 valence electrons. The van der Waals surface area contributed by atoms with E-state index in [0.717, 1.165) is 50.9 Å². The van der Waals surface area contributed by atoms with Crippen LogP contribution in [0.15, 0.2) is 23.8 Å². The van der Waals surface area contributed by atoms with Gasteiger partial charge >= 0.3 is 0 Å². The van der Waals surface area contributed by atoms with Gasteiger partial charge in [0.2, 0.25) is 0 Å². The second-order valence-electron chi connectivity index (χ2n) is 12.3. The monoisotopic (exact) mass is 486 g/mol. The van der Waals surface area contributed by atoms with Crippen molar-refractivity contribution in [3.63, 3.8) is 0 Å². The largest absolute Gasteiger partial charge is 0.300 e. The summed E-state index contributed by atoms with van der Waals surface area (Å²) in [5, 5.41) is 0. The SMILES string of the molecule is CCCC(CC1CCC=CC(C(C)(C)CCCC(C)C)/C(C)=C/C(=O)C1)C(CC)C(=O)CC(C)=O. The highest BCUT2D eigenvalue weighted by Crippen LogP contribution is 2.40. The van der Waals surface area contributed by atoms with Gasteiger partial charge in [-0.05, 0) is 75.2 Å². The molecule has 0 radical (unpaired) electrons. The Hall–Kier alpha value is -1.51. The average molecular weight is 487 g/mol. The lowest BCUT2D eigenvalue weighted by atomic mass is 9.70. The van der Waals surface area contributed by atoms with E-state index >= 15 is 0 Å². The van der Waals surface area contributed by atoms with Crippen LogP contribution in [0, 0.1) is 35.0 Å². The topological polar surface area (TPSA) is 51.2 Å². The van der Waals surface area contributed by atoms with Crippen molar-refractivity contribution in [2.24, 2.45) is 35.0 Å². The molecule has 0 aromatic carbocycles. The van der Waals surface area contributed by atoms with Crippen LogP contribution in [0.25, 0.3) is 0 Å². The van der Waals surface area contributed by atoms with Gasteiger partial charge in [0.15, 0.2) is 5.78 Å². The van der Waals surface area contributed by atoms with Crippen molar-refractivity contribution in [2.75, 3.05) is 0 Å². The van der Waals surface area contributed by atoms with Gasteiger partial charge in [0.1, 0.15) is 11.6 Å². The molecule has 4 atom stereocenters. The summed E-state index contributed by atoms with van der Waals surface area (Å²) in [6.45, 7) is 17.1. The van der Waals surface area contributed by atoms with Gasteiger partial charge in [-0.1, -0.05) is 85.0 Å². The molecule has 1 rings (SSSR count). The number of allylic oxidation sites excluding steroid dienone is 4. The molecule has 35 heavy (non-hydrogen) atoms. The molecule has 0 amide bonds. The van der Waals surface area contributed by atoms with Gasteiger partial charge in [-0.2, -0.15) is 0 Å². The Bertz CT molecular complexity index is 740. The quantitative estimate of drug-likeness (QED) is 0.182. The zero-order chi connectivity index (χ0) is 26.6. The molecule has 0 aliphatic heterocycles. The third-order valence-corrected chi connectivity index (χ3v) is 8.02. The second kappa shape index (κ2) is 15.6. The van der Waals surface area contributed by atoms with Crippen LogP contribution in [-0.4, -0.2) is 17.3 Å². The number of ketones is 3. The molecule has 3 heteroatoms. The molecular weight excluding hydrogens is 432 g/mol. The van der Waals surface area contributed by atoms with Crippen LogP contribution in [0.3, 0.4) is 0 Å². The van der Waals surface area contributed by atoms with Crippen molar-refractivity contribution in [2.45, 2.75) is 126 Å². The van der Waals surface area contributed by atoms with Gasteiger partial charge in [0, 0.05) is 18.3 Å². The zero-order valence-electron chi connectivity index (χ0n) is 24.1. The van der Waals surface area contributed by atoms with Crippen LogP contribution in [0.5, 0.6) is 0 Å². The first-order valence-corrected chi connectivity index (χ1v) is 14.3. The molecule has 0 N–H and O–H groups in total. The van der Waals surface area contributed by atoms with E-state index in [0.29, 0.717) is 6.42 Å². The molecule has 0 aromatic rings. The van der Waals surface area contributed by atoms with Crippen LogP contribution in [0.4, 0.5) is 0 Å². The Kier molecular flexibility index (Phi) is 14.0. The minimum atomic E-state index is -0.0757. The third-order valence-electron chi connectivity index (χ3n) is 8.02. The van der Waals surface area contributed by atoms with E-state index in [4.69, 9.17) is 0 Å². The molecule has 0 aromatic heterocycles. The fraction of sp³-hybridized carbons (Fsp3) is 0.781. The van der Waals surface area contributed by atoms with Crippen molar-refractivity contribution >= 4 is 17.3 Å². The lowest BCUT2D eigenvalue weighted by Gasteiger charge is -2.34. The van der Waals surface area contributed by atoms with E-state index in [-0.39, 0.29) is 52.9 Å². The Balaban J connectivity index is 2.99. The first kappa shape index (κ1) is 31.5. The van der Waals surface area contributed by atoms with Crippen LogP contribution < -0.4 is 0 Å². The summed E-state index contributed by atoms with van der Waals surface area (Å²) in [6, 6.07) is 0.